The maximum atomic E-state index is 12.7. The number of carbonyl (C=O) groups excluding carboxylic acids is 3. The van der Waals surface area contributed by atoms with Gasteiger partial charge in [-0.25, -0.2) is 4.79 Å². The molecule has 1 aromatic rings. The molecule has 1 aliphatic heterocycles. The number of rotatable bonds is 4. The third kappa shape index (κ3) is 4.29. The number of nitrogens with zero attached hydrogens (tertiary/aromatic N) is 2. The summed E-state index contributed by atoms with van der Waals surface area (Å²) in [5.74, 6) is -0.250. The Morgan fingerprint density at radius 3 is 2.64 bits per heavy atom. The number of aryl methyl sites for hydroxylation is 1. The van der Waals surface area contributed by atoms with Crippen LogP contribution in [0.25, 0.3) is 0 Å². The van der Waals surface area contributed by atoms with E-state index in [1.165, 1.54) is 4.90 Å². The lowest BCUT2D eigenvalue weighted by Gasteiger charge is -2.26. The van der Waals surface area contributed by atoms with Crippen molar-refractivity contribution in [3.8, 4) is 0 Å². The molecule has 7 heteroatoms. The lowest BCUT2D eigenvalue weighted by atomic mass is 10.1. The predicted molar refractivity (Wildman–Crippen MR) is 96.6 cm³/mol. The fourth-order valence-electron chi connectivity index (χ4n) is 2.91. The van der Waals surface area contributed by atoms with Crippen LogP contribution in [0.2, 0.25) is 0 Å². The molecule has 136 valence electrons. The van der Waals surface area contributed by atoms with Gasteiger partial charge in [0.1, 0.15) is 6.04 Å². The Balaban J connectivity index is 2.15. The van der Waals surface area contributed by atoms with Crippen molar-refractivity contribution >= 4 is 23.5 Å². The SMILES string of the molecule is CCNC(=O)c1ccc(C)c(NC(=O)N2CCC[C@H]2C(=O)N(C)C)c1. The highest BCUT2D eigenvalue weighted by Gasteiger charge is 2.35. The molecule has 1 aliphatic rings. The normalized spacial score (nSPS) is 16.5. The van der Waals surface area contributed by atoms with Crippen LogP contribution in [0.15, 0.2) is 18.2 Å². The number of likely N-dealkylation sites (N-methyl/N-ethyl adjacent to an activating group) is 1. The van der Waals surface area contributed by atoms with Gasteiger partial charge in [0.05, 0.1) is 0 Å². The van der Waals surface area contributed by atoms with Gasteiger partial charge in [-0.15, -0.1) is 0 Å². The van der Waals surface area contributed by atoms with Crippen molar-refractivity contribution in [1.82, 2.24) is 15.1 Å². The minimum absolute atomic E-state index is 0.0690. The van der Waals surface area contributed by atoms with E-state index in [2.05, 4.69) is 10.6 Å². The third-order valence-corrected chi connectivity index (χ3v) is 4.32. The molecule has 2 N–H and O–H groups in total. The van der Waals surface area contributed by atoms with Gasteiger partial charge < -0.3 is 20.4 Å². The summed E-state index contributed by atoms with van der Waals surface area (Å²) >= 11 is 0. The summed E-state index contributed by atoms with van der Waals surface area (Å²) in [6.45, 7) is 4.80. The molecule has 0 radical (unpaired) electrons. The molecule has 1 heterocycles. The molecule has 0 bridgehead atoms. The average Bonchev–Trinajstić information content (AvgIpc) is 3.05. The first-order valence-corrected chi connectivity index (χ1v) is 8.52. The Morgan fingerprint density at radius 2 is 2.00 bits per heavy atom. The lowest BCUT2D eigenvalue weighted by Crippen LogP contribution is -2.47. The predicted octanol–water partition coefficient (Wildman–Crippen LogP) is 1.83. The van der Waals surface area contributed by atoms with Crippen molar-refractivity contribution in [1.29, 1.82) is 0 Å². The van der Waals surface area contributed by atoms with E-state index in [0.717, 1.165) is 12.0 Å². The van der Waals surface area contributed by atoms with E-state index in [1.807, 2.05) is 13.8 Å². The zero-order valence-electron chi connectivity index (χ0n) is 15.3. The summed E-state index contributed by atoms with van der Waals surface area (Å²) in [6, 6.07) is 4.45. The molecule has 2 rings (SSSR count). The summed E-state index contributed by atoms with van der Waals surface area (Å²) in [5, 5.41) is 5.59. The highest BCUT2D eigenvalue weighted by Crippen LogP contribution is 2.22. The number of likely N-dealkylation sites (tertiary alicyclic amines) is 1. The van der Waals surface area contributed by atoms with Crippen LogP contribution in [0.5, 0.6) is 0 Å². The van der Waals surface area contributed by atoms with E-state index in [4.69, 9.17) is 0 Å². The van der Waals surface area contributed by atoms with Gasteiger partial charge in [-0.3, -0.25) is 9.59 Å². The largest absolute Gasteiger partial charge is 0.352 e. The number of benzene rings is 1. The van der Waals surface area contributed by atoms with Crippen molar-refractivity contribution in [2.75, 3.05) is 32.5 Å². The fraction of sp³-hybridized carbons (Fsp3) is 0.500. The molecule has 4 amide bonds. The van der Waals surface area contributed by atoms with Crippen LogP contribution in [0.3, 0.4) is 0 Å². The Hall–Kier alpha value is -2.57. The van der Waals surface area contributed by atoms with Gasteiger partial charge in [0.15, 0.2) is 0 Å². The van der Waals surface area contributed by atoms with Gasteiger partial charge in [0.2, 0.25) is 5.91 Å². The van der Waals surface area contributed by atoms with Gasteiger partial charge in [0, 0.05) is 38.4 Å². The second-order valence-electron chi connectivity index (χ2n) is 6.40. The van der Waals surface area contributed by atoms with Crippen molar-refractivity contribution in [2.24, 2.45) is 0 Å². The van der Waals surface area contributed by atoms with Crippen molar-refractivity contribution in [2.45, 2.75) is 32.7 Å². The molecule has 0 spiro atoms. The molecule has 0 saturated carbocycles. The summed E-state index contributed by atoms with van der Waals surface area (Å²) in [5.41, 5.74) is 1.93. The Bertz CT molecular complexity index is 672. The molecule has 25 heavy (non-hydrogen) atoms. The molecule has 1 saturated heterocycles. The Morgan fingerprint density at radius 1 is 1.28 bits per heavy atom. The molecule has 0 aliphatic carbocycles. The summed E-state index contributed by atoms with van der Waals surface area (Å²) in [4.78, 5) is 40.0. The number of hydrogen-bond donors (Lipinski definition) is 2. The van der Waals surface area contributed by atoms with E-state index in [1.54, 1.807) is 37.2 Å². The number of hydrogen-bond acceptors (Lipinski definition) is 3. The average molecular weight is 346 g/mol. The number of amides is 4. The van der Waals surface area contributed by atoms with Crippen molar-refractivity contribution in [3.05, 3.63) is 29.3 Å². The number of carbonyl (C=O) groups is 3. The number of nitrogens with one attached hydrogen (secondary N) is 2. The molecule has 1 fully saturated rings. The van der Waals surface area contributed by atoms with Gasteiger partial charge in [0.25, 0.3) is 5.91 Å². The maximum Gasteiger partial charge on any atom is 0.322 e. The second kappa shape index (κ2) is 8.00. The van der Waals surface area contributed by atoms with Crippen LogP contribution in [0.1, 0.15) is 35.7 Å². The first kappa shape index (κ1) is 18.8. The summed E-state index contributed by atoms with van der Waals surface area (Å²) < 4.78 is 0. The highest BCUT2D eigenvalue weighted by molar-refractivity contribution is 5.98. The number of anilines is 1. The quantitative estimate of drug-likeness (QED) is 0.873. The van der Waals surface area contributed by atoms with Crippen LogP contribution in [-0.2, 0) is 4.79 Å². The van der Waals surface area contributed by atoms with Crippen LogP contribution < -0.4 is 10.6 Å². The summed E-state index contributed by atoms with van der Waals surface area (Å²) in [6.07, 6.45) is 1.47. The molecule has 0 unspecified atom stereocenters. The van der Waals surface area contributed by atoms with Gasteiger partial charge >= 0.3 is 6.03 Å². The van der Waals surface area contributed by atoms with Crippen molar-refractivity contribution < 1.29 is 14.4 Å². The van der Waals surface area contributed by atoms with E-state index in [-0.39, 0.29) is 17.8 Å². The smallest absolute Gasteiger partial charge is 0.322 e. The zero-order chi connectivity index (χ0) is 18.6. The monoisotopic (exact) mass is 346 g/mol. The summed E-state index contributed by atoms with van der Waals surface area (Å²) in [7, 11) is 3.38. The van der Waals surface area contributed by atoms with Crippen LogP contribution in [-0.4, -0.2) is 60.9 Å². The maximum absolute atomic E-state index is 12.7. The van der Waals surface area contributed by atoms with E-state index < -0.39 is 6.04 Å². The minimum atomic E-state index is -0.429. The zero-order valence-corrected chi connectivity index (χ0v) is 15.3. The highest BCUT2D eigenvalue weighted by atomic mass is 16.2. The minimum Gasteiger partial charge on any atom is -0.352 e. The first-order chi connectivity index (χ1) is 11.8. The standard InChI is InChI=1S/C18H26N4O3/c1-5-19-16(23)13-9-8-12(2)14(11-13)20-18(25)22-10-6-7-15(22)17(24)21(3)4/h8-9,11,15H,5-7,10H2,1-4H3,(H,19,23)(H,20,25)/t15-/m0/s1. The Kier molecular flexibility index (Phi) is 6.01. The second-order valence-corrected chi connectivity index (χ2v) is 6.40. The Labute approximate surface area is 148 Å². The first-order valence-electron chi connectivity index (χ1n) is 8.52. The molecular weight excluding hydrogens is 320 g/mol. The molecule has 1 aromatic carbocycles. The van der Waals surface area contributed by atoms with Crippen LogP contribution in [0.4, 0.5) is 10.5 Å². The van der Waals surface area contributed by atoms with E-state index >= 15 is 0 Å². The van der Waals surface area contributed by atoms with Crippen molar-refractivity contribution in [3.63, 3.8) is 0 Å². The third-order valence-electron chi connectivity index (χ3n) is 4.32. The molecule has 7 nitrogen and oxygen atoms in total. The molecule has 0 aromatic heterocycles. The van der Waals surface area contributed by atoms with Gasteiger partial charge in [-0.2, -0.15) is 0 Å². The molecule has 1 atom stereocenters. The van der Waals surface area contributed by atoms with Gasteiger partial charge in [-0.1, -0.05) is 6.07 Å². The van der Waals surface area contributed by atoms with Crippen LogP contribution in [0, 0.1) is 6.92 Å². The number of urea groups is 1. The fourth-order valence-corrected chi connectivity index (χ4v) is 2.91. The van der Waals surface area contributed by atoms with E-state index in [9.17, 15) is 14.4 Å². The topological polar surface area (TPSA) is 81.8 Å². The lowest BCUT2D eigenvalue weighted by molar-refractivity contribution is -0.132. The molecular formula is C18H26N4O3. The van der Waals surface area contributed by atoms with E-state index in [0.29, 0.717) is 30.8 Å². The van der Waals surface area contributed by atoms with Crippen LogP contribution >= 0.6 is 0 Å². The van der Waals surface area contributed by atoms with Gasteiger partial charge in [-0.05, 0) is 44.4 Å².